The van der Waals surface area contributed by atoms with Gasteiger partial charge in [0, 0.05) is 23.4 Å². The molecule has 0 aliphatic carbocycles. The first kappa shape index (κ1) is 28.7. The number of sulfone groups is 1. The Morgan fingerprint density at radius 2 is 1.82 bits per heavy atom. The van der Waals surface area contributed by atoms with E-state index in [-0.39, 0.29) is 34.1 Å². The Bertz CT molecular complexity index is 1530. The lowest BCUT2D eigenvalue weighted by atomic mass is 10.2. The summed E-state index contributed by atoms with van der Waals surface area (Å²) in [5.41, 5.74) is 5.88. The van der Waals surface area contributed by atoms with Crippen molar-refractivity contribution in [3.05, 3.63) is 48.2 Å². The zero-order chi connectivity index (χ0) is 28.5. The fraction of sp³-hybridized carbons (Fsp3) is 0.346. The van der Waals surface area contributed by atoms with Gasteiger partial charge in [-0.1, -0.05) is 12.0 Å². The van der Waals surface area contributed by atoms with E-state index >= 15 is 0 Å². The van der Waals surface area contributed by atoms with Crippen LogP contribution < -0.4 is 15.4 Å². The molecular weight excluding hydrogens is 523 g/mol. The quantitative estimate of drug-likeness (QED) is 0.354. The summed E-state index contributed by atoms with van der Waals surface area (Å²) in [5.74, 6) is 5.53. The summed E-state index contributed by atoms with van der Waals surface area (Å²) in [4.78, 5) is 14.2. The summed E-state index contributed by atoms with van der Waals surface area (Å²) in [5, 5.41) is 0.420. The Kier molecular flexibility index (Phi) is 7.93. The summed E-state index contributed by atoms with van der Waals surface area (Å²) < 4.78 is 75.8. The molecule has 0 aliphatic heterocycles. The fourth-order valence-corrected chi connectivity index (χ4v) is 4.28. The van der Waals surface area contributed by atoms with Crippen LogP contribution in [0.1, 0.15) is 26.5 Å². The average molecular weight is 552 g/mol. The molecule has 0 spiro atoms. The Labute approximate surface area is 219 Å². The van der Waals surface area contributed by atoms with Gasteiger partial charge in [0.2, 0.25) is 0 Å². The van der Waals surface area contributed by atoms with Gasteiger partial charge in [0.15, 0.2) is 9.84 Å². The number of hydrogen-bond donors (Lipinski definition) is 1. The predicted octanol–water partition coefficient (Wildman–Crippen LogP) is 4.99. The van der Waals surface area contributed by atoms with Gasteiger partial charge in [-0.15, -0.1) is 0 Å². The van der Waals surface area contributed by atoms with Gasteiger partial charge in [-0.3, -0.25) is 4.90 Å². The molecule has 1 aromatic heterocycles. The second kappa shape index (κ2) is 10.5. The second-order valence-electron chi connectivity index (χ2n) is 9.49. The molecule has 0 saturated carbocycles. The van der Waals surface area contributed by atoms with Gasteiger partial charge >= 0.3 is 12.3 Å². The van der Waals surface area contributed by atoms with E-state index in [0.717, 1.165) is 15.7 Å². The smallest absolute Gasteiger partial charge is 0.415 e. The van der Waals surface area contributed by atoms with Crippen LogP contribution in [-0.2, 0) is 21.1 Å². The Hall–Kier alpha value is -3.85. The van der Waals surface area contributed by atoms with E-state index in [1.54, 1.807) is 32.9 Å². The number of anilines is 2. The number of carbonyl (C=O) groups is 1. The number of halogens is 3. The number of alkyl halides is 3. The number of rotatable bonds is 5. The monoisotopic (exact) mass is 551 g/mol. The normalized spacial score (nSPS) is 12.1. The number of amides is 1. The largest absolute Gasteiger partial charge is 0.495 e. The predicted molar refractivity (Wildman–Crippen MR) is 139 cm³/mol. The molecule has 2 N–H and O–H groups in total. The molecular formula is C26H28F3N3O5S. The summed E-state index contributed by atoms with van der Waals surface area (Å²) in [6.07, 6.45) is -4.28. The highest BCUT2D eigenvalue weighted by molar-refractivity contribution is 7.90. The van der Waals surface area contributed by atoms with Crippen molar-refractivity contribution in [2.75, 3.05) is 30.5 Å². The SMILES string of the molecule is COc1cc(S(C)(=O)=O)ccc1N(CC#Cc1cc2c(N)cccc2n1CC(F)(F)F)C(=O)OC(C)(C)C. The van der Waals surface area contributed by atoms with Crippen LogP contribution in [0.25, 0.3) is 10.9 Å². The van der Waals surface area contributed by atoms with Crippen molar-refractivity contribution in [3.63, 3.8) is 0 Å². The minimum Gasteiger partial charge on any atom is -0.495 e. The number of carbonyl (C=O) groups excluding carboxylic acids is 1. The molecule has 0 saturated heterocycles. The third-order valence-electron chi connectivity index (χ3n) is 5.25. The molecule has 12 heteroatoms. The van der Waals surface area contributed by atoms with Crippen LogP contribution in [-0.4, -0.2) is 50.8 Å². The van der Waals surface area contributed by atoms with E-state index in [1.165, 1.54) is 37.4 Å². The molecule has 3 aromatic rings. The number of ether oxygens (including phenoxy) is 2. The van der Waals surface area contributed by atoms with Crippen LogP contribution in [0.15, 0.2) is 47.4 Å². The molecule has 0 aliphatic rings. The molecule has 3 rings (SSSR count). The molecule has 204 valence electrons. The van der Waals surface area contributed by atoms with Crippen molar-refractivity contribution < 1.29 is 35.9 Å². The number of hydrogen-bond acceptors (Lipinski definition) is 6. The molecule has 8 nitrogen and oxygen atoms in total. The van der Waals surface area contributed by atoms with Crippen molar-refractivity contribution in [1.29, 1.82) is 0 Å². The van der Waals surface area contributed by atoms with Crippen LogP contribution in [0.3, 0.4) is 0 Å². The van der Waals surface area contributed by atoms with Crippen molar-refractivity contribution in [3.8, 4) is 17.6 Å². The van der Waals surface area contributed by atoms with Gasteiger partial charge < -0.3 is 19.8 Å². The molecule has 0 radical (unpaired) electrons. The number of nitrogens with zero attached hydrogens (tertiary/aromatic N) is 2. The highest BCUT2D eigenvalue weighted by atomic mass is 32.2. The Balaban J connectivity index is 2.08. The number of nitrogen functional groups attached to an aromatic ring is 1. The lowest BCUT2D eigenvalue weighted by Crippen LogP contribution is -2.37. The first-order valence-corrected chi connectivity index (χ1v) is 13.2. The molecule has 0 bridgehead atoms. The van der Waals surface area contributed by atoms with E-state index in [0.29, 0.717) is 11.1 Å². The highest BCUT2D eigenvalue weighted by Crippen LogP contribution is 2.32. The summed E-state index contributed by atoms with van der Waals surface area (Å²) >= 11 is 0. The molecule has 38 heavy (non-hydrogen) atoms. The first-order valence-electron chi connectivity index (χ1n) is 11.3. The maximum atomic E-state index is 13.3. The maximum absolute atomic E-state index is 13.3. The molecule has 0 fully saturated rings. The lowest BCUT2D eigenvalue weighted by molar-refractivity contribution is -0.140. The number of aromatic nitrogens is 1. The van der Waals surface area contributed by atoms with Gasteiger partial charge in [0.05, 0.1) is 35.4 Å². The fourth-order valence-electron chi connectivity index (χ4n) is 3.65. The van der Waals surface area contributed by atoms with E-state index in [4.69, 9.17) is 15.2 Å². The third-order valence-corrected chi connectivity index (χ3v) is 6.36. The van der Waals surface area contributed by atoms with Crippen LogP contribution in [0.4, 0.5) is 29.3 Å². The summed E-state index contributed by atoms with van der Waals surface area (Å²) in [7, 11) is -2.25. The van der Waals surface area contributed by atoms with Gasteiger partial charge in [-0.25, -0.2) is 13.2 Å². The molecule has 1 heterocycles. The Morgan fingerprint density at radius 3 is 2.39 bits per heavy atom. The number of nitrogens with two attached hydrogens (primary N) is 1. The lowest BCUT2D eigenvalue weighted by Gasteiger charge is -2.27. The van der Waals surface area contributed by atoms with Gasteiger partial charge in [-0.2, -0.15) is 13.2 Å². The molecule has 2 aromatic carbocycles. The molecule has 0 unspecified atom stereocenters. The summed E-state index contributed by atoms with van der Waals surface area (Å²) in [6.45, 7) is 3.42. The van der Waals surface area contributed by atoms with Crippen molar-refractivity contribution in [2.24, 2.45) is 0 Å². The zero-order valence-corrected chi connectivity index (χ0v) is 22.3. The van der Waals surface area contributed by atoms with Crippen molar-refractivity contribution in [2.45, 2.75) is 44.0 Å². The highest BCUT2D eigenvalue weighted by Gasteiger charge is 2.30. The topological polar surface area (TPSA) is 104 Å². The number of fused-ring (bicyclic) bond motifs is 1. The molecule has 0 atom stereocenters. The van der Waals surface area contributed by atoms with Gasteiger partial charge in [0.1, 0.15) is 17.9 Å². The van der Waals surface area contributed by atoms with Crippen LogP contribution >= 0.6 is 0 Å². The van der Waals surface area contributed by atoms with Crippen LogP contribution in [0.2, 0.25) is 0 Å². The van der Waals surface area contributed by atoms with Crippen molar-refractivity contribution >= 4 is 38.2 Å². The summed E-state index contributed by atoms with van der Waals surface area (Å²) in [6, 6.07) is 10.1. The standard InChI is InChI=1S/C26H28F3N3O5S/c1-25(2,3)37-24(33)31(22-12-11-18(38(5,34)35)15-23(22)36-4)13-7-8-17-14-19-20(30)9-6-10-21(19)32(17)16-26(27,28)29/h6,9-12,14-15H,13,16,30H2,1-5H3. The van der Waals surface area contributed by atoms with Crippen molar-refractivity contribution in [1.82, 2.24) is 4.57 Å². The molecule has 1 amide bonds. The van der Waals surface area contributed by atoms with E-state index < -0.39 is 34.3 Å². The first-order chi connectivity index (χ1) is 17.5. The minimum absolute atomic E-state index is 0.0254. The van der Waals surface area contributed by atoms with E-state index in [1.807, 2.05) is 0 Å². The average Bonchev–Trinajstić information content (AvgIpc) is 3.11. The number of benzene rings is 2. The number of methoxy groups -OCH3 is 1. The zero-order valence-electron chi connectivity index (χ0n) is 21.5. The van der Waals surface area contributed by atoms with E-state index in [9.17, 15) is 26.4 Å². The van der Waals surface area contributed by atoms with Gasteiger partial charge in [0.25, 0.3) is 0 Å². The van der Waals surface area contributed by atoms with E-state index in [2.05, 4.69) is 11.8 Å². The van der Waals surface area contributed by atoms with Crippen LogP contribution in [0, 0.1) is 11.8 Å². The van der Waals surface area contributed by atoms with Crippen LogP contribution in [0.5, 0.6) is 5.75 Å². The Morgan fingerprint density at radius 1 is 1.13 bits per heavy atom. The van der Waals surface area contributed by atoms with Gasteiger partial charge in [-0.05, 0) is 57.0 Å². The minimum atomic E-state index is -4.51. The second-order valence-corrected chi connectivity index (χ2v) is 11.5. The third kappa shape index (κ3) is 6.92. The maximum Gasteiger partial charge on any atom is 0.415 e.